The Balaban J connectivity index is 3.28. The fraction of sp³-hybridized carbons (Fsp3) is 0.111. The van der Waals surface area contributed by atoms with Crippen LogP contribution < -0.4 is 16.8 Å². The van der Waals surface area contributed by atoms with E-state index >= 15 is 0 Å². The van der Waals surface area contributed by atoms with Crippen LogP contribution in [0.3, 0.4) is 0 Å². The van der Waals surface area contributed by atoms with Crippen molar-refractivity contribution in [3.63, 3.8) is 0 Å². The Bertz CT molecular complexity index is 712. The summed E-state index contributed by atoms with van der Waals surface area (Å²) in [5.41, 5.74) is 15.3. The van der Waals surface area contributed by atoms with Gasteiger partial charge in [0.05, 0.1) is 0 Å². The van der Waals surface area contributed by atoms with Gasteiger partial charge in [-0.05, 0) is 55.5 Å². The zero-order valence-electron chi connectivity index (χ0n) is 13.5. The number of nitrogen functional groups attached to an aromatic ring is 1. The van der Waals surface area contributed by atoms with E-state index in [2.05, 4.69) is 23.5 Å². The minimum Gasteiger partial charge on any atom is -0.404 e. The molecule has 5 heteroatoms. The van der Waals surface area contributed by atoms with E-state index in [4.69, 9.17) is 11.5 Å². The number of allylic oxidation sites excluding steroid dienone is 5. The van der Waals surface area contributed by atoms with E-state index in [0.29, 0.717) is 11.5 Å². The number of nitrogens with two attached hydrogens (primary N) is 2. The van der Waals surface area contributed by atoms with Crippen LogP contribution in [0.15, 0.2) is 61.6 Å². The van der Waals surface area contributed by atoms with E-state index in [1.807, 2.05) is 26.0 Å². The molecule has 0 aromatic carbocycles. The Morgan fingerprint density at radius 2 is 2.04 bits per heavy atom. The van der Waals surface area contributed by atoms with Gasteiger partial charge in [-0.25, -0.2) is 4.98 Å². The predicted octanol–water partition coefficient (Wildman–Crippen LogP) is 2.76. The molecule has 1 amide bonds. The summed E-state index contributed by atoms with van der Waals surface area (Å²) in [5.74, 6) is 0.112. The third kappa shape index (κ3) is 4.71. The van der Waals surface area contributed by atoms with E-state index < -0.39 is 0 Å². The average Bonchev–Trinajstić information content (AvgIpc) is 2.58. The van der Waals surface area contributed by atoms with Crippen molar-refractivity contribution < 1.29 is 4.79 Å². The van der Waals surface area contributed by atoms with Gasteiger partial charge in [-0.3, -0.25) is 4.79 Å². The first-order valence-electron chi connectivity index (χ1n) is 7.05. The van der Waals surface area contributed by atoms with Crippen molar-refractivity contribution in [3.8, 4) is 0 Å². The first kappa shape index (κ1) is 18.0. The van der Waals surface area contributed by atoms with Gasteiger partial charge in [0.2, 0.25) is 5.91 Å². The van der Waals surface area contributed by atoms with Crippen LogP contribution in [0, 0.1) is 0 Å². The maximum atomic E-state index is 11.4. The summed E-state index contributed by atoms with van der Waals surface area (Å²) in [7, 11) is 0. The van der Waals surface area contributed by atoms with Crippen LogP contribution >= 0.6 is 0 Å². The number of nitrogens with zero attached hydrogens (tertiary/aromatic N) is 1. The van der Waals surface area contributed by atoms with Crippen molar-refractivity contribution in [3.05, 3.63) is 72.7 Å². The number of hydrogen-bond acceptors (Lipinski definition) is 4. The van der Waals surface area contributed by atoms with Crippen LogP contribution in [0.2, 0.25) is 0 Å². The normalized spacial score (nSPS) is 12.7. The number of pyridine rings is 1. The lowest BCUT2D eigenvalue weighted by Crippen LogP contribution is -2.18. The molecule has 0 fully saturated rings. The number of hydrogen-bond donors (Lipinski definition) is 3. The molecule has 23 heavy (non-hydrogen) atoms. The number of aromatic nitrogens is 1. The Morgan fingerprint density at radius 1 is 1.35 bits per heavy atom. The lowest BCUT2D eigenvalue weighted by Gasteiger charge is -2.10. The molecule has 5 N–H and O–H groups in total. The van der Waals surface area contributed by atoms with Crippen LogP contribution in [0.1, 0.15) is 25.0 Å². The van der Waals surface area contributed by atoms with Crippen LogP contribution in [0.4, 0.5) is 5.82 Å². The second-order valence-corrected chi connectivity index (χ2v) is 4.75. The SMILES string of the molecule is C=CC(=O)N/C(C=C)=C/C(=C\C)c1cnc(N)c(/C(C)=C/N)c1. The smallest absolute Gasteiger partial charge is 0.247 e. The van der Waals surface area contributed by atoms with Gasteiger partial charge < -0.3 is 16.8 Å². The molecule has 1 aromatic heterocycles. The highest BCUT2D eigenvalue weighted by Gasteiger charge is 2.07. The van der Waals surface area contributed by atoms with E-state index in [1.165, 1.54) is 12.3 Å². The summed E-state index contributed by atoms with van der Waals surface area (Å²) in [6, 6.07) is 1.91. The highest BCUT2D eigenvalue weighted by Crippen LogP contribution is 2.24. The molecule has 0 aliphatic heterocycles. The lowest BCUT2D eigenvalue weighted by molar-refractivity contribution is -0.115. The summed E-state index contributed by atoms with van der Waals surface area (Å²) in [6.45, 7) is 10.9. The molecular formula is C18H22N4O. The molecule has 0 radical (unpaired) electrons. The second kappa shape index (κ2) is 8.38. The van der Waals surface area contributed by atoms with Gasteiger partial charge in [-0.15, -0.1) is 0 Å². The number of rotatable bonds is 6. The molecule has 0 saturated carbocycles. The van der Waals surface area contributed by atoms with E-state index in [-0.39, 0.29) is 5.91 Å². The van der Waals surface area contributed by atoms with Gasteiger partial charge in [-0.1, -0.05) is 19.2 Å². The Kier molecular flexibility index (Phi) is 6.55. The van der Waals surface area contributed by atoms with Crippen molar-refractivity contribution in [2.45, 2.75) is 13.8 Å². The standard InChI is InChI=1S/C18H22N4O/c1-5-13(8-15(6-2)22-17(23)7-3)14-9-16(12(4)10-19)18(20)21-11-14/h5-11H,2-3,19H2,1,4H3,(H2,20,21)(H,22,23)/b12-10+,13-5+,15-8+. The molecule has 5 nitrogen and oxygen atoms in total. The third-order valence-electron chi connectivity index (χ3n) is 3.22. The molecule has 1 heterocycles. The van der Waals surface area contributed by atoms with E-state index in [9.17, 15) is 4.79 Å². The number of nitrogens with one attached hydrogen (secondary N) is 1. The fourth-order valence-corrected chi connectivity index (χ4v) is 1.88. The minimum atomic E-state index is -0.301. The number of amides is 1. The van der Waals surface area contributed by atoms with Gasteiger partial charge in [0, 0.05) is 23.0 Å². The van der Waals surface area contributed by atoms with Crippen molar-refractivity contribution >= 4 is 22.9 Å². The molecule has 120 valence electrons. The Morgan fingerprint density at radius 3 is 2.57 bits per heavy atom. The van der Waals surface area contributed by atoms with Crippen LogP contribution in [0.5, 0.6) is 0 Å². The molecule has 1 rings (SSSR count). The van der Waals surface area contributed by atoms with Crippen molar-refractivity contribution in [2.75, 3.05) is 5.73 Å². The summed E-state index contributed by atoms with van der Waals surface area (Å²) in [4.78, 5) is 15.6. The monoisotopic (exact) mass is 310 g/mol. The summed E-state index contributed by atoms with van der Waals surface area (Å²) < 4.78 is 0. The largest absolute Gasteiger partial charge is 0.404 e. The highest BCUT2D eigenvalue weighted by molar-refractivity contribution is 5.89. The second-order valence-electron chi connectivity index (χ2n) is 4.75. The van der Waals surface area contributed by atoms with Crippen molar-refractivity contribution in [1.82, 2.24) is 10.3 Å². The molecule has 0 aliphatic rings. The highest BCUT2D eigenvalue weighted by atomic mass is 16.1. The zero-order valence-corrected chi connectivity index (χ0v) is 13.5. The van der Waals surface area contributed by atoms with Crippen molar-refractivity contribution in [1.29, 1.82) is 0 Å². The number of anilines is 1. The number of carbonyl (C=O) groups is 1. The maximum Gasteiger partial charge on any atom is 0.247 e. The molecule has 0 atom stereocenters. The van der Waals surface area contributed by atoms with Gasteiger partial charge in [0.15, 0.2) is 0 Å². The molecule has 0 unspecified atom stereocenters. The van der Waals surface area contributed by atoms with E-state index in [0.717, 1.165) is 22.3 Å². The predicted molar refractivity (Wildman–Crippen MR) is 96.8 cm³/mol. The first-order valence-corrected chi connectivity index (χ1v) is 7.05. The lowest BCUT2D eigenvalue weighted by atomic mass is 10.0. The fourth-order valence-electron chi connectivity index (χ4n) is 1.88. The van der Waals surface area contributed by atoms with Crippen LogP contribution in [0.25, 0.3) is 11.1 Å². The third-order valence-corrected chi connectivity index (χ3v) is 3.22. The summed E-state index contributed by atoms with van der Waals surface area (Å²) in [6.07, 6.45) is 9.62. The van der Waals surface area contributed by atoms with Gasteiger partial charge in [0.1, 0.15) is 5.82 Å². The quantitative estimate of drug-likeness (QED) is 0.556. The molecule has 1 aromatic rings. The summed E-state index contributed by atoms with van der Waals surface area (Å²) >= 11 is 0. The van der Waals surface area contributed by atoms with Gasteiger partial charge in [0.25, 0.3) is 0 Å². The zero-order chi connectivity index (χ0) is 17.4. The Hall–Kier alpha value is -3.08. The van der Waals surface area contributed by atoms with Gasteiger partial charge in [-0.2, -0.15) is 0 Å². The molecule has 0 spiro atoms. The van der Waals surface area contributed by atoms with Crippen LogP contribution in [-0.2, 0) is 4.79 Å². The summed E-state index contributed by atoms with van der Waals surface area (Å²) in [5, 5.41) is 2.68. The molecule has 0 aliphatic carbocycles. The molecule has 0 bridgehead atoms. The molecular weight excluding hydrogens is 288 g/mol. The van der Waals surface area contributed by atoms with Gasteiger partial charge >= 0.3 is 0 Å². The van der Waals surface area contributed by atoms with Crippen molar-refractivity contribution in [2.24, 2.45) is 5.73 Å². The minimum absolute atomic E-state index is 0.301. The molecule has 0 saturated heterocycles. The van der Waals surface area contributed by atoms with E-state index in [1.54, 1.807) is 18.3 Å². The average molecular weight is 310 g/mol. The first-order chi connectivity index (χ1) is 11.0. The maximum absolute atomic E-state index is 11.4. The Labute approximate surface area is 136 Å². The van der Waals surface area contributed by atoms with Crippen LogP contribution in [-0.4, -0.2) is 10.9 Å². The number of carbonyl (C=O) groups excluding carboxylic acids is 1. The topological polar surface area (TPSA) is 94.0 Å².